The van der Waals surface area contributed by atoms with Crippen molar-refractivity contribution in [2.45, 2.75) is 31.6 Å². The summed E-state index contributed by atoms with van der Waals surface area (Å²) in [5, 5.41) is 1.78. The summed E-state index contributed by atoms with van der Waals surface area (Å²) in [5.74, 6) is 0.0587. The molecule has 0 bridgehead atoms. The Morgan fingerprint density at radius 2 is 1.50 bits per heavy atom. The molecule has 5 rings (SSSR count). The van der Waals surface area contributed by atoms with Gasteiger partial charge in [0, 0.05) is 18.0 Å². The number of para-hydroxylation sites is 1. The first-order valence-electron chi connectivity index (χ1n) is 12.4. The minimum atomic E-state index is 0.0587. The Morgan fingerprint density at radius 3 is 2.22 bits per heavy atom. The van der Waals surface area contributed by atoms with Gasteiger partial charge in [-0.1, -0.05) is 91.9 Å². The number of nitrogens with zero attached hydrogens (tertiary/aromatic N) is 3. The van der Waals surface area contributed by atoms with Crippen molar-refractivity contribution in [2.75, 3.05) is 18.0 Å². The molecular formula is C30H29N3OS2. The lowest BCUT2D eigenvalue weighted by Gasteiger charge is -2.19. The van der Waals surface area contributed by atoms with Crippen molar-refractivity contribution in [1.82, 2.24) is 4.90 Å². The Labute approximate surface area is 221 Å². The fourth-order valence-corrected chi connectivity index (χ4v) is 6.59. The van der Waals surface area contributed by atoms with Crippen LogP contribution >= 0.6 is 23.5 Å². The molecule has 0 radical (unpaired) electrons. The molecule has 3 aromatic rings. The minimum absolute atomic E-state index is 0.0587. The monoisotopic (exact) mass is 511 g/mol. The van der Waals surface area contributed by atoms with Crippen LogP contribution < -0.4 is 4.90 Å². The van der Waals surface area contributed by atoms with Gasteiger partial charge in [0.2, 0.25) is 0 Å². The second-order valence-electron chi connectivity index (χ2n) is 8.59. The Balaban J connectivity index is 1.42. The van der Waals surface area contributed by atoms with Gasteiger partial charge in [0.1, 0.15) is 9.93 Å². The number of unbranched alkanes of at least 4 members (excludes halogenated alkanes) is 1. The number of thioether (sulfide) groups is 2. The zero-order valence-electron chi connectivity index (χ0n) is 20.6. The molecule has 36 heavy (non-hydrogen) atoms. The molecule has 0 N–H and O–H groups in total. The van der Waals surface area contributed by atoms with Crippen LogP contribution in [0.2, 0.25) is 0 Å². The third-order valence-electron chi connectivity index (χ3n) is 6.10. The number of hydrogen-bond acceptors (Lipinski definition) is 5. The van der Waals surface area contributed by atoms with Gasteiger partial charge in [-0.3, -0.25) is 9.69 Å². The van der Waals surface area contributed by atoms with Gasteiger partial charge in [-0.15, -0.1) is 0 Å². The summed E-state index contributed by atoms with van der Waals surface area (Å²) in [4.78, 5) is 24.6. The first kappa shape index (κ1) is 24.5. The van der Waals surface area contributed by atoms with Crippen LogP contribution in [0, 0.1) is 0 Å². The quantitative estimate of drug-likeness (QED) is 0.238. The van der Waals surface area contributed by atoms with Crippen LogP contribution in [0.25, 0.3) is 12.2 Å². The fourth-order valence-electron chi connectivity index (χ4n) is 4.18. The normalized spacial score (nSPS) is 18.6. The molecule has 2 aliphatic rings. The van der Waals surface area contributed by atoms with E-state index in [9.17, 15) is 4.79 Å². The maximum absolute atomic E-state index is 13.6. The van der Waals surface area contributed by atoms with Crippen LogP contribution in [0.3, 0.4) is 0 Å². The number of hydrogen-bond donors (Lipinski definition) is 0. The van der Waals surface area contributed by atoms with Gasteiger partial charge in [-0.2, -0.15) is 0 Å². The standard InChI is InChI=1S/C30H29N3OS2/c1-3-5-21-33-28(34)27(29-32(4-2)25-13-9-10-14-26(25)35-29)36-30(33)31-24-19-17-23(18-20-24)16-15-22-11-7-6-8-12-22/h6-20H,3-5,21H2,1-2H3. The predicted molar refractivity (Wildman–Crippen MR) is 155 cm³/mol. The molecule has 0 spiro atoms. The molecule has 182 valence electrons. The first-order chi connectivity index (χ1) is 17.7. The van der Waals surface area contributed by atoms with E-state index in [1.54, 1.807) is 11.8 Å². The van der Waals surface area contributed by atoms with E-state index in [2.05, 4.69) is 79.4 Å². The number of benzene rings is 3. The molecule has 1 saturated heterocycles. The maximum atomic E-state index is 13.6. The molecule has 0 unspecified atom stereocenters. The molecule has 0 aliphatic carbocycles. The van der Waals surface area contributed by atoms with Gasteiger partial charge in [-0.25, -0.2) is 4.99 Å². The lowest BCUT2D eigenvalue weighted by molar-refractivity contribution is -0.122. The highest BCUT2D eigenvalue weighted by Crippen LogP contribution is 2.50. The van der Waals surface area contributed by atoms with Crippen LogP contribution in [0.1, 0.15) is 37.8 Å². The number of fused-ring (bicyclic) bond motifs is 1. The van der Waals surface area contributed by atoms with E-state index >= 15 is 0 Å². The van der Waals surface area contributed by atoms with Crippen LogP contribution in [0.15, 0.2) is 98.7 Å². The van der Waals surface area contributed by atoms with Crippen molar-refractivity contribution in [3.8, 4) is 0 Å². The smallest absolute Gasteiger partial charge is 0.269 e. The largest absolute Gasteiger partial charge is 0.334 e. The van der Waals surface area contributed by atoms with E-state index in [-0.39, 0.29) is 5.91 Å². The zero-order chi connectivity index (χ0) is 24.9. The van der Waals surface area contributed by atoms with E-state index < -0.39 is 0 Å². The Morgan fingerprint density at radius 1 is 0.806 bits per heavy atom. The second-order valence-corrected chi connectivity index (χ2v) is 10.6. The average molecular weight is 512 g/mol. The zero-order valence-corrected chi connectivity index (χ0v) is 22.2. The summed E-state index contributed by atoms with van der Waals surface area (Å²) in [7, 11) is 0. The Hall–Kier alpha value is -3.22. The molecule has 6 heteroatoms. The Kier molecular flexibility index (Phi) is 7.63. The highest BCUT2D eigenvalue weighted by atomic mass is 32.2. The minimum Gasteiger partial charge on any atom is -0.334 e. The van der Waals surface area contributed by atoms with E-state index in [0.29, 0.717) is 6.54 Å². The predicted octanol–water partition coefficient (Wildman–Crippen LogP) is 8.02. The molecule has 0 saturated carbocycles. The summed E-state index contributed by atoms with van der Waals surface area (Å²) in [6.45, 7) is 5.77. The molecule has 2 heterocycles. The van der Waals surface area contributed by atoms with E-state index in [1.165, 1.54) is 27.9 Å². The topological polar surface area (TPSA) is 35.9 Å². The van der Waals surface area contributed by atoms with E-state index in [0.717, 1.165) is 45.7 Å². The maximum Gasteiger partial charge on any atom is 0.269 e. The van der Waals surface area contributed by atoms with Gasteiger partial charge in [-0.05, 0) is 60.5 Å². The third-order valence-corrected chi connectivity index (χ3v) is 8.48. The lowest BCUT2D eigenvalue weighted by Crippen LogP contribution is -2.30. The summed E-state index contributed by atoms with van der Waals surface area (Å²) in [6.07, 6.45) is 6.18. The molecular weight excluding hydrogens is 482 g/mol. The average Bonchev–Trinajstić information content (AvgIpc) is 3.44. The van der Waals surface area contributed by atoms with Gasteiger partial charge < -0.3 is 4.90 Å². The lowest BCUT2D eigenvalue weighted by atomic mass is 10.1. The highest BCUT2D eigenvalue weighted by Gasteiger charge is 2.39. The third kappa shape index (κ3) is 5.15. The van der Waals surface area contributed by atoms with Gasteiger partial charge in [0.15, 0.2) is 5.17 Å². The van der Waals surface area contributed by atoms with Crippen molar-refractivity contribution >= 4 is 58.1 Å². The number of carbonyl (C=O) groups is 1. The number of rotatable bonds is 7. The number of anilines is 1. The number of carbonyl (C=O) groups excluding carboxylic acids is 1. The molecule has 4 nitrogen and oxygen atoms in total. The van der Waals surface area contributed by atoms with Crippen molar-refractivity contribution in [1.29, 1.82) is 0 Å². The van der Waals surface area contributed by atoms with Crippen LogP contribution in [0.4, 0.5) is 11.4 Å². The summed E-state index contributed by atoms with van der Waals surface area (Å²) in [6, 6.07) is 26.8. The molecule has 0 atom stereocenters. The first-order valence-corrected chi connectivity index (χ1v) is 14.0. The second kappa shape index (κ2) is 11.2. The number of aliphatic imine (C=N–C) groups is 1. The van der Waals surface area contributed by atoms with Gasteiger partial charge in [0.05, 0.1) is 11.4 Å². The van der Waals surface area contributed by atoms with Crippen LogP contribution in [0.5, 0.6) is 0 Å². The van der Waals surface area contributed by atoms with Crippen molar-refractivity contribution in [2.24, 2.45) is 4.99 Å². The van der Waals surface area contributed by atoms with E-state index in [4.69, 9.17) is 4.99 Å². The Bertz CT molecular complexity index is 1330. The fraction of sp³-hybridized carbons (Fsp3) is 0.200. The van der Waals surface area contributed by atoms with Gasteiger partial charge in [0.25, 0.3) is 5.91 Å². The number of amidine groups is 1. The number of amides is 1. The summed E-state index contributed by atoms with van der Waals surface area (Å²) >= 11 is 3.18. The SMILES string of the molecule is CCCCN1C(=O)C(=C2Sc3ccccc3N2CC)SC1=Nc1ccc(C=Cc2ccccc2)cc1. The summed E-state index contributed by atoms with van der Waals surface area (Å²) < 4.78 is 0. The van der Waals surface area contributed by atoms with Gasteiger partial charge >= 0.3 is 0 Å². The molecule has 1 amide bonds. The molecule has 0 aromatic heterocycles. The summed E-state index contributed by atoms with van der Waals surface area (Å²) in [5.41, 5.74) is 4.31. The molecule has 1 fully saturated rings. The molecule has 3 aromatic carbocycles. The van der Waals surface area contributed by atoms with Crippen LogP contribution in [-0.2, 0) is 4.79 Å². The molecule has 2 aliphatic heterocycles. The van der Waals surface area contributed by atoms with E-state index in [1.807, 2.05) is 35.2 Å². The van der Waals surface area contributed by atoms with Crippen molar-refractivity contribution in [3.63, 3.8) is 0 Å². The van der Waals surface area contributed by atoms with Crippen LogP contribution in [-0.4, -0.2) is 29.1 Å². The highest BCUT2D eigenvalue weighted by molar-refractivity contribution is 8.19. The van der Waals surface area contributed by atoms with Crippen molar-refractivity contribution in [3.05, 3.63) is 99.9 Å². The van der Waals surface area contributed by atoms with Crippen molar-refractivity contribution < 1.29 is 4.79 Å².